The summed E-state index contributed by atoms with van der Waals surface area (Å²) in [6.07, 6.45) is 14.5. The molecule has 0 amide bonds. The summed E-state index contributed by atoms with van der Waals surface area (Å²) in [5.41, 5.74) is 3.51. The fraction of sp³-hybridized carbons (Fsp3) is 0.600. The molecule has 0 aliphatic carbocycles. The lowest BCUT2D eigenvalue weighted by Gasteiger charge is -2.25. The van der Waals surface area contributed by atoms with E-state index in [0.29, 0.717) is 13.2 Å². The van der Waals surface area contributed by atoms with Gasteiger partial charge in [-0.1, -0.05) is 69.2 Å². The molecule has 2 rings (SSSR count). The predicted octanol–water partition coefficient (Wildman–Crippen LogP) is 5.17. The zero-order valence-corrected chi connectivity index (χ0v) is 14.2. The van der Waals surface area contributed by atoms with Crippen molar-refractivity contribution >= 4 is 11.3 Å². The number of nitrogens with zero attached hydrogens (tertiary/aromatic N) is 1. The average Bonchev–Trinajstić information content (AvgIpc) is 2.58. The largest absolute Gasteiger partial charge is 0.396 e. The lowest BCUT2D eigenvalue weighted by atomic mass is 9.95. The number of aliphatic hydroxyl groups excluding tert-OH is 1. The summed E-state index contributed by atoms with van der Waals surface area (Å²) < 4.78 is 0. The monoisotopic (exact) mass is 317 g/mol. The Morgan fingerprint density at radius 1 is 0.826 bits per heavy atom. The summed E-state index contributed by atoms with van der Waals surface area (Å²) in [5, 5.41) is 20.0. The SMILES string of the molecule is OCCCCCCCCCCCC1=CCN(O)c2ccccc21. The molecule has 0 unspecified atom stereocenters. The second kappa shape index (κ2) is 10.5. The fourth-order valence-corrected chi connectivity index (χ4v) is 3.28. The van der Waals surface area contributed by atoms with E-state index in [1.165, 1.54) is 67.6 Å². The van der Waals surface area contributed by atoms with Crippen LogP contribution in [0.25, 0.3) is 5.57 Å². The second-order valence-corrected chi connectivity index (χ2v) is 6.48. The van der Waals surface area contributed by atoms with E-state index in [0.717, 1.165) is 18.5 Å². The third-order valence-electron chi connectivity index (χ3n) is 4.64. The molecule has 1 aliphatic rings. The molecule has 0 saturated heterocycles. The van der Waals surface area contributed by atoms with Gasteiger partial charge in [0, 0.05) is 12.2 Å². The van der Waals surface area contributed by atoms with Crippen LogP contribution in [0.2, 0.25) is 0 Å². The summed E-state index contributed by atoms with van der Waals surface area (Å²) in [7, 11) is 0. The normalized spacial score (nSPS) is 13.8. The molecule has 3 nitrogen and oxygen atoms in total. The van der Waals surface area contributed by atoms with Gasteiger partial charge < -0.3 is 5.11 Å². The highest BCUT2D eigenvalue weighted by Crippen LogP contribution is 2.33. The maximum atomic E-state index is 9.90. The first-order valence-electron chi connectivity index (χ1n) is 9.18. The minimum absolute atomic E-state index is 0.340. The van der Waals surface area contributed by atoms with Crippen LogP contribution >= 0.6 is 0 Å². The molecule has 0 saturated carbocycles. The molecule has 0 fully saturated rings. The summed E-state index contributed by atoms with van der Waals surface area (Å²) >= 11 is 0. The Bertz CT molecular complexity index is 484. The van der Waals surface area contributed by atoms with Gasteiger partial charge in [0.1, 0.15) is 0 Å². The number of hydrogen-bond acceptors (Lipinski definition) is 3. The van der Waals surface area contributed by atoms with E-state index >= 15 is 0 Å². The number of rotatable bonds is 11. The third kappa shape index (κ3) is 6.00. The maximum absolute atomic E-state index is 9.90. The van der Waals surface area contributed by atoms with Gasteiger partial charge in [-0.2, -0.15) is 0 Å². The standard InChI is InChI=1S/C20H31NO2/c22-17-11-7-5-3-1-2-4-6-8-12-18-15-16-21(23)20-14-10-9-13-19(18)20/h9-10,13-15,22-23H,1-8,11-12,16-17H2. The Labute approximate surface area is 140 Å². The summed E-state index contributed by atoms with van der Waals surface area (Å²) in [5.74, 6) is 0. The Morgan fingerprint density at radius 2 is 1.43 bits per heavy atom. The first-order chi connectivity index (χ1) is 11.3. The second-order valence-electron chi connectivity index (χ2n) is 6.48. The van der Waals surface area contributed by atoms with Gasteiger partial charge in [-0.3, -0.25) is 10.3 Å². The molecule has 23 heavy (non-hydrogen) atoms. The van der Waals surface area contributed by atoms with Gasteiger partial charge in [-0.15, -0.1) is 0 Å². The van der Waals surface area contributed by atoms with Crippen molar-refractivity contribution in [1.29, 1.82) is 0 Å². The van der Waals surface area contributed by atoms with Gasteiger partial charge in [0.2, 0.25) is 0 Å². The van der Waals surface area contributed by atoms with Crippen molar-refractivity contribution in [1.82, 2.24) is 0 Å². The van der Waals surface area contributed by atoms with E-state index in [1.807, 2.05) is 18.2 Å². The topological polar surface area (TPSA) is 43.7 Å². The van der Waals surface area contributed by atoms with Gasteiger partial charge in [-0.05, 0) is 30.9 Å². The van der Waals surface area contributed by atoms with E-state index in [-0.39, 0.29) is 0 Å². The van der Waals surface area contributed by atoms with Crippen molar-refractivity contribution < 1.29 is 10.3 Å². The predicted molar refractivity (Wildman–Crippen MR) is 96.8 cm³/mol. The van der Waals surface area contributed by atoms with Crippen LogP contribution in [0, 0.1) is 0 Å². The van der Waals surface area contributed by atoms with E-state index < -0.39 is 0 Å². The highest BCUT2D eigenvalue weighted by molar-refractivity contribution is 5.79. The fourth-order valence-electron chi connectivity index (χ4n) is 3.28. The summed E-state index contributed by atoms with van der Waals surface area (Å²) in [6.45, 7) is 0.938. The molecule has 1 heterocycles. The molecule has 1 aromatic carbocycles. The van der Waals surface area contributed by atoms with Crippen LogP contribution < -0.4 is 5.06 Å². The molecular weight excluding hydrogens is 286 g/mol. The molecule has 0 bridgehead atoms. The van der Waals surface area contributed by atoms with Gasteiger partial charge in [-0.25, -0.2) is 0 Å². The van der Waals surface area contributed by atoms with E-state index in [9.17, 15) is 5.21 Å². The number of aliphatic hydroxyl groups is 1. The van der Waals surface area contributed by atoms with Crippen molar-refractivity contribution in [3.05, 3.63) is 35.9 Å². The minimum atomic E-state index is 0.340. The highest BCUT2D eigenvalue weighted by atomic mass is 16.5. The maximum Gasteiger partial charge on any atom is 0.0712 e. The van der Waals surface area contributed by atoms with Crippen LogP contribution in [0.15, 0.2) is 30.3 Å². The Kier molecular flexibility index (Phi) is 8.19. The molecule has 0 radical (unpaired) electrons. The van der Waals surface area contributed by atoms with Crippen LogP contribution in [-0.4, -0.2) is 23.5 Å². The van der Waals surface area contributed by atoms with Gasteiger partial charge in [0.05, 0.1) is 12.2 Å². The van der Waals surface area contributed by atoms with E-state index in [1.54, 1.807) is 0 Å². The molecular formula is C20H31NO2. The van der Waals surface area contributed by atoms with Crippen LogP contribution in [0.3, 0.4) is 0 Å². The van der Waals surface area contributed by atoms with Crippen molar-refractivity contribution in [3.63, 3.8) is 0 Å². The molecule has 0 spiro atoms. The van der Waals surface area contributed by atoms with Crippen LogP contribution in [0.5, 0.6) is 0 Å². The number of fused-ring (bicyclic) bond motifs is 1. The zero-order valence-electron chi connectivity index (χ0n) is 14.2. The van der Waals surface area contributed by atoms with Crippen LogP contribution in [0.1, 0.15) is 69.8 Å². The van der Waals surface area contributed by atoms with Crippen molar-refractivity contribution in [2.75, 3.05) is 18.2 Å². The first kappa shape index (κ1) is 18.0. The number of allylic oxidation sites excluding steroid dienone is 1. The first-order valence-corrected chi connectivity index (χ1v) is 9.18. The van der Waals surface area contributed by atoms with Crippen molar-refractivity contribution in [2.24, 2.45) is 0 Å². The van der Waals surface area contributed by atoms with Gasteiger partial charge >= 0.3 is 0 Å². The Morgan fingerprint density at radius 3 is 2.13 bits per heavy atom. The van der Waals surface area contributed by atoms with E-state index in [4.69, 9.17) is 5.11 Å². The number of benzene rings is 1. The highest BCUT2D eigenvalue weighted by Gasteiger charge is 2.16. The molecule has 3 heteroatoms. The average molecular weight is 317 g/mol. The lowest BCUT2D eigenvalue weighted by Crippen LogP contribution is -2.22. The third-order valence-corrected chi connectivity index (χ3v) is 4.64. The van der Waals surface area contributed by atoms with Crippen molar-refractivity contribution in [3.8, 4) is 0 Å². The molecule has 128 valence electrons. The van der Waals surface area contributed by atoms with Crippen molar-refractivity contribution in [2.45, 2.75) is 64.2 Å². The molecule has 1 aliphatic heterocycles. The summed E-state index contributed by atoms with van der Waals surface area (Å²) in [4.78, 5) is 0. The molecule has 1 aromatic rings. The van der Waals surface area contributed by atoms with Gasteiger partial charge in [0.15, 0.2) is 0 Å². The lowest BCUT2D eigenvalue weighted by molar-refractivity contribution is 0.265. The van der Waals surface area contributed by atoms with Crippen LogP contribution in [-0.2, 0) is 0 Å². The summed E-state index contributed by atoms with van der Waals surface area (Å²) in [6, 6.07) is 8.11. The molecule has 0 atom stereocenters. The number of para-hydroxylation sites is 1. The Balaban J connectivity index is 1.58. The number of hydroxylamine groups is 1. The minimum Gasteiger partial charge on any atom is -0.396 e. The number of hydrogen-bond donors (Lipinski definition) is 2. The number of anilines is 1. The quantitative estimate of drug-likeness (QED) is 0.553. The molecule has 2 N–H and O–H groups in total. The van der Waals surface area contributed by atoms with Gasteiger partial charge in [0.25, 0.3) is 0 Å². The Hall–Kier alpha value is -1.32. The molecule has 0 aromatic heterocycles. The zero-order chi connectivity index (χ0) is 16.3. The van der Waals surface area contributed by atoms with E-state index in [2.05, 4.69) is 12.1 Å². The number of unbranched alkanes of at least 4 members (excludes halogenated alkanes) is 8. The smallest absolute Gasteiger partial charge is 0.0712 e. The van der Waals surface area contributed by atoms with Crippen LogP contribution in [0.4, 0.5) is 5.69 Å².